The zero-order chi connectivity index (χ0) is 7.40. The molecular formula is C7H15NO2. The molecule has 0 aromatic rings. The minimum atomic E-state index is 0.183. The van der Waals surface area contributed by atoms with Crippen LogP contribution in [0, 0.1) is 0 Å². The van der Waals surface area contributed by atoms with E-state index in [0.717, 1.165) is 19.4 Å². The Morgan fingerprint density at radius 3 is 3.00 bits per heavy atom. The Bertz CT molecular complexity index is 97.6. The Hall–Kier alpha value is -0.120. The van der Waals surface area contributed by atoms with Crippen LogP contribution in [-0.4, -0.2) is 30.6 Å². The van der Waals surface area contributed by atoms with Crippen LogP contribution in [0.2, 0.25) is 0 Å². The van der Waals surface area contributed by atoms with E-state index in [1.165, 1.54) is 0 Å². The molecule has 1 heterocycles. The zero-order valence-electron chi connectivity index (χ0n) is 6.34. The lowest BCUT2D eigenvalue weighted by atomic mass is 10.3. The van der Waals surface area contributed by atoms with Crippen molar-refractivity contribution in [3.8, 4) is 0 Å². The van der Waals surface area contributed by atoms with E-state index < -0.39 is 0 Å². The van der Waals surface area contributed by atoms with E-state index in [2.05, 4.69) is 12.2 Å². The first-order valence-corrected chi connectivity index (χ1v) is 3.81. The predicted octanol–water partition coefficient (Wildman–Crippen LogP) is 0.0933. The summed E-state index contributed by atoms with van der Waals surface area (Å²) >= 11 is 0. The first kappa shape index (κ1) is 7.98. The van der Waals surface area contributed by atoms with Gasteiger partial charge >= 0.3 is 0 Å². The summed E-state index contributed by atoms with van der Waals surface area (Å²) in [6.45, 7) is 3.16. The summed E-state index contributed by atoms with van der Waals surface area (Å²) < 4.78 is 5.35. The second kappa shape index (κ2) is 3.91. The van der Waals surface area contributed by atoms with E-state index in [-0.39, 0.29) is 12.8 Å². The van der Waals surface area contributed by atoms with Crippen LogP contribution in [0.25, 0.3) is 0 Å². The Morgan fingerprint density at radius 1 is 1.70 bits per heavy atom. The van der Waals surface area contributed by atoms with Gasteiger partial charge in [0, 0.05) is 12.6 Å². The molecule has 0 aliphatic carbocycles. The Balaban J connectivity index is 2.06. The maximum Gasteiger partial charge on any atom is 0.108 e. The summed E-state index contributed by atoms with van der Waals surface area (Å²) in [4.78, 5) is 0. The Kier molecular flexibility index (Phi) is 3.12. The number of rotatable bonds is 3. The van der Waals surface area contributed by atoms with Gasteiger partial charge in [-0.15, -0.1) is 0 Å². The number of hydrogen-bond donors (Lipinski definition) is 2. The molecule has 0 spiro atoms. The van der Waals surface area contributed by atoms with Crippen LogP contribution in [0.15, 0.2) is 0 Å². The second-order valence-electron chi connectivity index (χ2n) is 2.76. The van der Waals surface area contributed by atoms with Gasteiger partial charge in [0.2, 0.25) is 0 Å². The number of aliphatic hydroxyl groups is 1. The fourth-order valence-electron chi connectivity index (χ4n) is 1.12. The van der Waals surface area contributed by atoms with Gasteiger partial charge in [-0.05, 0) is 19.8 Å². The zero-order valence-corrected chi connectivity index (χ0v) is 6.34. The standard InChI is InChI=1S/C7H15NO2/c1-6-5-10-7(8-6)3-2-4-9/h6-9H,2-5H2,1H3. The van der Waals surface area contributed by atoms with Crippen molar-refractivity contribution < 1.29 is 9.84 Å². The summed E-state index contributed by atoms with van der Waals surface area (Å²) in [5.41, 5.74) is 0. The van der Waals surface area contributed by atoms with Crippen molar-refractivity contribution in [3.63, 3.8) is 0 Å². The molecule has 0 radical (unpaired) electrons. The second-order valence-corrected chi connectivity index (χ2v) is 2.76. The van der Waals surface area contributed by atoms with E-state index in [1.54, 1.807) is 0 Å². The number of nitrogens with one attached hydrogen (secondary N) is 1. The van der Waals surface area contributed by atoms with E-state index in [0.29, 0.717) is 6.04 Å². The van der Waals surface area contributed by atoms with E-state index in [9.17, 15) is 0 Å². The van der Waals surface area contributed by atoms with Gasteiger partial charge in [-0.25, -0.2) is 0 Å². The monoisotopic (exact) mass is 145 g/mol. The van der Waals surface area contributed by atoms with E-state index in [1.807, 2.05) is 0 Å². The molecule has 3 nitrogen and oxygen atoms in total. The largest absolute Gasteiger partial charge is 0.396 e. The van der Waals surface area contributed by atoms with Crippen molar-refractivity contribution in [3.05, 3.63) is 0 Å². The fourth-order valence-corrected chi connectivity index (χ4v) is 1.12. The summed E-state index contributed by atoms with van der Waals surface area (Å²) in [5, 5.41) is 11.8. The van der Waals surface area contributed by atoms with Gasteiger partial charge in [-0.2, -0.15) is 0 Å². The Labute approximate surface area is 61.4 Å². The highest BCUT2D eigenvalue weighted by molar-refractivity contribution is 4.70. The third-order valence-corrected chi connectivity index (χ3v) is 1.64. The molecular weight excluding hydrogens is 130 g/mol. The molecule has 2 atom stereocenters. The number of aliphatic hydroxyl groups excluding tert-OH is 1. The maximum absolute atomic E-state index is 8.51. The summed E-state index contributed by atoms with van der Waals surface area (Å²) in [6, 6.07) is 0.476. The molecule has 1 aliphatic rings. The van der Waals surface area contributed by atoms with Gasteiger partial charge in [0.05, 0.1) is 6.61 Å². The lowest BCUT2D eigenvalue weighted by Gasteiger charge is -2.08. The van der Waals surface area contributed by atoms with E-state index >= 15 is 0 Å². The average Bonchev–Trinajstić information content (AvgIpc) is 2.31. The van der Waals surface area contributed by atoms with Crippen LogP contribution in [0.1, 0.15) is 19.8 Å². The van der Waals surface area contributed by atoms with Gasteiger partial charge in [-0.1, -0.05) is 0 Å². The van der Waals surface area contributed by atoms with Crippen molar-refractivity contribution in [1.82, 2.24) is 5.32 Å². The minimum Gasteiger partial charge on any atom is -0.396 e. The lowest BCUT2D eigenvalue weighted by molar-refractivity contribution is 0.0865. The summed E-state index contributed by atoms with van der Waals surface area (Å²) in [6.07, 6.45) is 1.92. The summed E-state index contributed by atoms with van der Waals surface area (Å²) in [5.74, 6) is 0. The molecule has 1 rings (SSSR count). The molecule has 0 aromatic carbocycles. The predicted molar refractivity (Wildman–Crippen MR) is 38.7 cm³/mol. The number of hydrogen-bond acceptors (Lipinski definition) is 3. The van der Waals surface area contributed by atoms with Crippen LogP contribution in [-0.2, 0) is 4.74 Å². The van der Waals surface area contributed by atoms with Gasteiger partial charge in [0.25, 0.3) is 0 Å². The quantitative estimate of drug-likeness (QED) is 0.591. The van der Waals surface area contributed by atoms with Crippen LogP contribution < -0.4 is 5.32 Å². The van der Waals surface area contributed by atoms with Crippen molar-refractivity contribution in [1.29, 1.82) is 0 Å². The highest BCUT2D eigenvalue weighted by atomic mass is 16.5. The smallest absolute Gasteiger partial charge is 0.108 e. The molecule has 1 aliphatic heterocycles. The highest BCUT2D eigenvalue weighted by Gasteiger charge is 2.19. The molecule has 0 bridgehead atoms. The van der Waals surface area contributed by atoms with Gasteiger partial charge < -0.3 is 9.84 Å². The van der Waals surface area contributed by atoms with Gasteiger partial charge in [0.1, 0.15) is 6.23 Å². The van der Waals surface area contributed by atoms with Crippen molar-refractivity contribution >= 4 is 0 Å². The van der Waals surface area contributed by atoms with E-state index in [4.69, 9.17) is 9.84 Å². The van der Waals surface area contributed by atoms with Crippen molar-refractivity contribution in [2.45, 2.75) is 32.0 Å². The first-order valence-electron chi connectivity index (χ1n) is 3.81. The number of ether oxygens (including phenoxy) is 1. The minimum absolute atomic E-state index is 0.183. The average molecular weight is 145 g/mol. The van der Waals surface area contributed by atoms with Crippen molar-refractivity contribution in [2.75, 3.05) is 13.2 Å². The third kappa shape index (κ3) is 2.25. The molecule has 0 aromatic heterocycles. The summed E-state index contributed by atoms with van der Waals surface area (Å²) in [7, 11) is 0. The van der Waals surface area contributed by atoms with Crippen LogP contribution in [0.4, 0.5) is 0 Å². The third-order valence-electron chi connectivity index (χ3n) is 1.64. The molecule has 0 saturated carbocycles. The topological polar surface area (TPSA) is 41.5 Å². The normalized spacial score (nSPS) is 33.0. The highest BCUT2D eigenvalue weighted by Crippen LogP contribution is 2.07. The van der Waals surface area contributed by atoms with Gasteiger partial charge in [-0.3, -0.25) is 5.32 Å². The molecule has 1 saturated heterocycles. The van der Waals surface area contributed by atoms with Crippen LogP contribution in [0.3, 0.4) is 0 Å². The lowest BCUT2D eigenvalue weighted by Crippen LogP contribution is -2.28. The van der Waals surface area contributed by atoms with Crippen LogP contribution in [0.5, 0.6) is 0 Å². The van der Waals surface area contributed by atoms with Crippen molar-refractivity contribution in [2.24, 2.45) is 0 Å². The molecule has 2 N–H and O–H groups in total. The molecule has 3 heteroatoms. The van der Waals surface area contributed by atoms with Crippen LogP contribution >= 0.6 is 0 Å². The molecule has 60 valence electrons. The Morgan fingerprint density at radius 2 is 2.50 bits per heavy atom. The molecule has 1 fully saturated rings. The molecule has 2 unspecified atom stereocenters. The molecule has 10 heavy (non-hydrogen) atoms. The first-order chi connectivity index (χ1) is 4.83. The maximum atomic E-state index is 8.51. The van der Waals surface area contributed by atoms with Gasteiger partial charge in [0.15, 0.2) is 0 Å². The SMILES string of the molecule is CC1COC(CCCO)N1. The molecule has 0 amide bonds. The fraction of sp³-hybridized carbons (Fsp3) is 1.00.